The first kappa shape index (κ1) is 22.8. The third kappa shape index (κ3) is 4.53. The highest BCUT2D eigenvalue weighted by molar-refractivity contribution is 7.80. The minimum Gasteiger partial charge on any atom is -0.497 e. The molecule has 2 aliphatic rings. The maximum atomic E-state index is 5.88. The number of methoxy groups -OCH3 is 1. The van der Waals surface area contributed by atoms with Crippen LogP contribution in [0.25, 0.3) is 5.69 Å². The molecule has 2 fully saturated rings. The lowest BCUT2D eigenvalue weighted by atomic mass is 10.0. The van der Waals surface area contributed by atoms with E-state index in [4.69, 9.17) is 21.7 Å². The number of pyridine rings is 1. The molecule has 0 aliphatic carbocycles. The number of nitrogens with one attached hydrogen (secondary N) is 1. The fraction of sp³-hybridized carbons (Fsp3) is 0.385. The van der Waals surface area contributed by atoms with Gasteiger partial charge >= 0.3 is 0 Å². The van der Waals surface area contributed by atoms with Crippen LogP contribution in [0.3, 0.4) is 0 Å². The van der Waals surface area contributed by atoms with Gasteiger partial charge in [-0.25, -0.2) is 0 Å². The number of hydrogen-bond acceptors (Lipinski definition) is 5. The third-order valence-corrected chi connectivity index (χ3v) is 7.05. The number of nitrogens with zero attached hydrogens (tertiary/aromatic N) is 4. The van der Waals surface area contributed by atoms with Gasteiger partial charge in [0.05, 0.1) is 38.1 Å². The van der Waals surface area contributed by atoms with Crippen LogP contribution in [0.4, 0.5) is 0 Å². The number of morpholine rings is 1. The highest BCUT2D eigenvalue weighted by atomic mass is 32.1. The molecule has 1 aromatic carbocycles. The summed E-state index contributed by atoms with van der Waals surface area (Å²) in [7, 11) is 1.69. The highest BCUT2D eigenvalue weighted by Crippen LogP contribution is 2.40. The van der Waals surface area contributed by atoms with Crippen molar-refractivity contribution >= 4 is 17.3 Å². The van der Waals surface area contributed by atoms with Gasteiger partial charge in [0.2, 0.25) is 0 Å². The first-order valence-corrected chi connectivity index (χ1v) is 12.2. The predicted octanol–water partition coefficient (Wildman–Crippen LogP) is 3.49. The van der Waals surface area contributed by atoms with E-state index in [2.05, 4.69) is 61.9 Å². The van der Waals surface area contributed by atoms with Crippen molar-refractivity contribution in [2.45, 2.75) is 19.0 Å². The van der Waals surface area contributed by atoms with Crippen LogP contribution in [0.5, 0.6) is 5.75 Å². The monoisotopic (exact) mass is 477 g/mol. The molecule has 0 saturated carbocycles. The standard InChI is InChI=1S/C26H31N5O2S/c1-19-6-11-23(31(19)20-7-9-21(32-2)10-8-20)25-24(22-5-3-4-12-27-22)28-26(34)30(25)14-13-29-15-17-33-18-16-29/h3-12,24-25H,13-18H2,1-2H3,(H,28,34). The normalized spacial score (nSPS) is 21.0. The Bertz CT molecular complexity index is 1110. The second kappa shape index (κ2) is 10.1. The fourth-order valence-electron chi connectivity index (χ4n) is 4.92. The Hall–Kier alpha value is -2.94. The van der Waals surface area contributed by atoms with Gasteiger partial charge < -0.3 is 24.3 Å². The Morgan fingerprint density at radius 1 is 1.06 bits per heavy atom. The summed E-state index contributed by atoms with van der Waals surface area (Å²) < 4.78 is 13.2. The van der Waals surface area contributed by atoms with Gasteiger partial charge in [-0.05, 0) is 67.7 Å². The van der Waals surface area contributed by atoms with Crippen LogP contribution >= 0.6 is 12.2 Å². The van der Waals surface area contributed by atoms with Crippen molar-refractivity contribution in [2.24, 2.45) is 0 Å². The molecule has 2 aliphatic heterocycles. The van der Waals surface area contributed by atoms with Gasteiger partial charge in [-0.1, -0.05) is 6.07 Å². The van der Waals surface area contributed by atoms with Crippen molar-refractivity contribution in [3.05, 3.63) is 77.9 Å². The molecule has 34 heavy (non-hydrogen) atoms. The summed E-state index contributed by atoms with van der Waals surface area (Å²) in [6.45, 7) is 7.44. The molecule has 2 atom stereocenters. The van der Waals surface area contributed by atoms with Crippen LogP contribution in [0.2, 0.25) is 0 Å². The van der Waals surface area contributed by atoms with Crippen LogP contribution in [-0.2, 0) is 4.74 Å². The fourth-order valence-corrected chi connectivity index (χ4v) is 5.25. The summed E-state index contributed by atoms with van der Waals surface area (Å²) >= 11 is 5.88. The van der Waals surface area contributed by atoms with Crippen molar-refractivity contribution in [3.63, 3.8) is 0 Å². The average Bonchev–Trinajstić information content (AvgIpc) is 3.42. The Morgan fingerprint density at radius 2 is 1.85 bits per heavy atom. The van der Waals surface area contributed by atoms with Gasteiger partial charge in [-0.15, -0.1) is 0 Å². The quantitative estimate of drug-likeness (QED) is 0.523. The average molecular weight is 478 g/mol. The van der Waals surface area contributed by atoms with E-state index in [9.17, 15) is 0 Å². The van der Waals surface area contributed by atoms with E-state index in [0.717, 1.165) is 61.6 Å². The van der Waals surface area contributed by atoms with E-state index in [-0.39, 0.29) is 12.1 Å². The molecule has 0 amide bonds. The van der Waals surface area contributed by atoms with Gasteiger partial charge in [-0.3, -0.25) is 9.88 Å². The molecule has 0 spiro atoms. The molecular formula is C26H31N5O2S. The zero-order valence-electron chi connectivity index (χ0n) is 19.7. The summed E-state index contributed by atoms with van der Waals surface area (Å²) in [6, 6.07) is 18.6. The van der Waals surface area contributed by atoms with E-state index in [1.54, 1.807) is 7.11 Å². The van der Waals surface area contributed by atoms with E-state index in [1.807, 2.05) is 30.5 Å². The predicted molar refractivity (Wildman–Crippen MR) is 136 cm³/mol. The number of aryl methyl sites for hydroxylation is 1. The smallest absolute Gasteiger partial charge is 0.170 e. The molecular weight excluding hydrogens is 446 g/mol. The van der Waals surface area contributed by atoms with Crippen molar-refractivity contribution in [1.29, 1.82) is 0 Å². The first-order valence-electron chi connectivity index (χ1n) is 11.8. The highest BCUT2D eigenvalue weighted by Gasteiger charge is 2.41. The zero-order chi connectivity index (χ0) is 23.5. The lowest BCUT2D eigenvalue weighted by molar-refractivity contribution is 0.0349. The summed E-state index contributed by atoms with van der Waals surface area (Å²) in [5.41, 5.74) is 4.45. The van der Waals surface area contributed by atoms with Crippen LogP contribution in [-0.4, -0.2) is 71.0 Å². The molecule has 1 N–H and O–H groups in total. The Labute approximate surface area is 206 Å². The molecule has 5 rings (SSSR count). The maximum absolute atomic E-state index is 5.88. The summed E-state index contributed by atoms with van der Waals surface area (Å²) in [5.74, 6) is 0.845. The van der Waals surface area contributed by atoms with Crippen LogP contribution in [0.15, 0.2) is 60.8 Å². The van der Waals surface area contributed by atoms with E-state index >= 15 is 0 Å². The van der Waals surface area contributed by atoms with Gasteiger partial charge in [-0.2, -0.15) is 0 Å². The third-order valence-electron chi connectivity index (χ3n) is 6.70. The first-order chi connectivity index (χ1) is 16.7. The Kier molecular flexibility index (Phi) is 6.80. The zero-order valence-corrected chi connectivity index (χ0v) is 20.5. The molecule has 2 unspecified atom stereocenters. The van der Waals surface area contributed by atoms with Gasteiger partial charge in [0, 0.05) is 49.5 Å². The van der Waals surface area contributed by atoms with E-state index < -0.39 is 0 Å². The largest absolute Gasteiger partial charge is 0.497 e. The van der Waals surface area contributed by atoms with E-state index in [1.165, 1.54) is 11.4 Å². The maximum Gasteiger partial charge on any atom is 0.170 e. The molecule has 3 aromatic rings. The van der Waals surface area contributed by atoms with Crippen LogP contribution < -0.4 is 10.1 Å². The van der Waals surface area contributed by atoms with Gasteiger partial charge in [0.25, 0.3) is 0 Å². The molecule has 2 saturated heterocycles. The molecule has 178 valence electrons. The lowest BCUT2D eigenvalue weighted by Gasteiger charge is -2.32. The number of ether oxygens (including phenoxy) is 2. The van der Waals surface area contributed by atoms with Crippen LogP contribution in [0, 0.1) is 6.92 Å². The molecule has 7 nitrogen and oxygen atoms in total. The lowest BCUT2D eigenvalue weighted by Crippen LogP contribution is -2.42. The number of benzene rings is 1. The Balaban J connectivity index is 1.52. The van der Waals surface area contributed by atoms with Gasteiger partial charge in [0.15, 0.2) is 5.11 Å². The summed E-state index contributed by atoms with van der Waals surface area (Å²) in [4.78, 5) is 9.47. The van der Waals surface area contributed by atoms with Crippen molar-refractivity contribution in [1.82, 2.24) is 24.7 Å². The molecule has 2 aromatic heterocycles. The second-order valence-corrected chi connectivity index (χ2v) is 9.09. The summed E-state index contributed by atoms with van der Waals surface area (Å²) in [5, 5.41) is 4.35. The number of hydrogen-bond donors (Lipinski definition) is 1. The van der Waals surface area contributed by atoms with Crippen LogP contribution in [0.1, 0.15) is 29.2 Å². The molecule has 0 bridgehead atoms. The number of thiocarbonyl (C=S) groups is 1. The Morgan fingerprint density at radius 3 is 2.56 bits per heavy atom. The molecule has 0 radical (unpaired) electrons. The number of aromatic nitrogens is 2. The van der Waals surface area contributed by atoms with Gasteiger partial charge in [0.1, 0.15) is 5.75 Å². The second-order valence-electron chi connectivity index (χ2n) is 8.71. The van der Waals surface area contributed by atoms with E-state index in [0.29, 0.717) is 0 Å². The molecule has 4 heterocycles. The summed E-state index contributed by atoms with van der Waals surface area (Å²) in [6.07, 6.45) is 1.85. The van der Waals surface area contributed by atoms with Crippen molar-refractivity contribution in [3.8, 4) is 11.4 Å². The van der Waals surface area contributed by atoms with Crippen molar-refractivity contribution < 1.29 is 9.47 Å². The minimum atomic E-state index is -0.0373. The molecule has 8 heteroatoms. The van der Waals surface area contributed by atoms with Crippen molar-refractivity contribution in [2.75, 3.05) is 46.5 Å². The minimum absolute atomic E-state index is 0.0132. The number of rotatable bonds is 7. The SMILES string of the molecule is COc1ccc(-n2c(C)ccc2C2C(c3ccccn3)NC(=S)N2CCN2CCOCC2)cc1. The topological polar surface area (TPSA) is 54.8 Å².